The molecular formula is C38H65O9P. The molecule has 0 spiro atoms. The van der Waals surface area contributed by atoms with Crippen LogP contribution in [0, 0.1) is 5.92 Å². The highest BCUT2D eigenvalue weighted by Crippen LogP contribution is 2.36. The first kappa shape index (κ1) is 45.7. The lowest BCUT2D eigenvalue weighted by Crippen LogP contribution is -2.29. The number of ether oxygens (including phenoxy) is 2. The number of hydrogen-bond donors (Lipinski definition) is 3. The number of carbonyl (C=O) groups is 2. The van der Waals surface area contributed by atoms with Gasteiger partial charge < -0.3 is 24.4 Å². The number of aliphatic hydroxyl groups is 1. The third kappa shape index (κ3) is 33.6. The van der Waals surface area contributed by atoms with Gasteiger partial charge in [0.05, 0.1) is 12.7 Å². The van der Waals surface area contributed by atoms with Gasteiger partial charge in [-0.15, -0.1) is 0 Å². The molecule has 0 aromatic carbocycles. The van der Waals surface area contributed by atoms with Crippen LogP contribution in [0.4, 0.5) is 0 Å². The SMILES string of the molecule is CC/C=C\C/C=C\CC(O)/C=C/C=C\C/C=C\CCCC(=O)O[C@H](COC(=O)CCCCCCCCCCC(C)CC)COP(=O)(O)O. The van der Waals surface area contributed by atoms with E-state index in [9.17, 15) is 19.3 Å². The lowest BCUT2D eigenvalue weighted by molar-refractivity contribution is -0.161. The van der Waals surface area contributed by atoms with Gasteiger partial charge in [-0.1, -0.05) is 139 Å². The molecule has 0 bridgehead atoms. The first-order chi connectivity index (χ1) is 23.1. The second-order valence-electron chi connectivity index (χ2n) is 12.3. The van der Waals surface area contributed by atoms with Gasteiger partial charge in [0, 0.05) is 12.8 Å². The number of hydrogen-bond acceptors (Lipinski definition) is 7. The normalized spacial score (nSPS) is 14.5. The summed E-state index contributed by atoms with van der Waals surface area (Å²) in [4.78, 5) is 42.6. The third-order valence-electron chi connectivity index (χ3n) is 7.67. The predicted molar refractivity (Wildman–Crippen MR) is 194 cm³/mol. The Kier molecular flexibility index (Phi) is 30.4. The standard InChI is InChI=1S/C38H65O9P/c1-4-6-7-8-18-23-28-35(39)29-24-19-14-10-12-16-21-26-31-38(41)47-36(33-46-48(42,43)44)32-45-37(40)30-25-20-15-11-9-13-17-22-27-34(3)5-2/h6-7,12,14,16,18-19,23-24,29,34-36,39H,4-5,8-11,13,15,17,20-22,25-28,30-33H2,1-3H3,(H2,42,43,44)/b7-6-,16-12-,19-14-,23-18-,29-24+/t34?,35?,36-/m1/s1. The Bertz CT molecular complexity index is 996. The second-order valence-corrected chi connectivity index (χ2v) is 13.5. The highest BCUT2D eigenvalue weighted by molar-refractivity contribution is 7.46. The molecule has 0 saturated heterocycles. The van der Waals surface area contributed by atoms with Crippen LogP contribution in [0.25, 0.3) is 0 Å². The van der Waals surface area contributed by atoms with E-state index in [0.29, 0.717) is 32.1 Å². The zero-order valence-electron chi connectivity index (χ0n) is 29.9. The van der Waals surface area contributed by atoms with Crippen molar-refractivity contribution in [1.29, 1.82) is 0 Å². The van der Waals surface area contributed by atoms with Crippen molar-refractivity contribution in [3.05, 3.63) is 60.8 Å². The van der Waals surface area contributed by atoms with Crippen molar-refractivity contribution in [3.63, 3.8) is 0 Å². The van der Waals surface area contributed by atoms with Gasteiger partial charge in [0.1, 0.15) is 6.61 Å². The molecule has 0 saturated carbocycles. The van der Waals surface area contributed by atoms with E-state index in [0.717, 1.165) is 38.0 Å². The minimum absolute atomic E-state index is 0.0996. The molecule has 0 rings (SSSR count). The van der Waals surface area contributed by atoms with Crippen LogP contribution in [-0.4, -0.2) is 52.3 Å². The molecule has 2 unspecified atom stereocenters. The number of carbonyl (C=O) groups excluding carboxylic acids is 2. The third-order valence-corrected chi connectivity index (χ3v) is 8.16. The van der Waals surface area contributed by atoms with Crippen molar-refractivity contribution in [2.24, 2.45) is 5.92 Å². The summed E-state index contributed by atoms with van der Waals surface area (Å²) in [5.41, 5.74) is 0. The Morgan fingerprint density at radius 2 is 1.35 bits per heavy atom. The average molecular weight is 697 g/mol. The van der Waals surface area contributed by atoms with E-state index in [1.165, 1.54) is 38.5 Å². The number of unbranched alkanes of at least 4 members (excludes halogenated alkanes) is 8. The van der Waals surface area contributed by atoms with E-state index >= 15 is 0 Å². The van der Waals surface area contributed by atoms with E-state index in [4.69, 9.17) is 19.3 Å². The zero-order valence-corrected chi connectivity index (χ0v) is 30.8. The molecule has 276 valence electrons. The van der Waals surface area contributed by atoms with Gasteiger partial charge in [-0.05, 0) is 50.9 Å². The molecule has 0 aliphatic rings. The first-order valence-corrected chi connectivity index (χ1v) is 19.6. The van der Waals surface area contributed by atoms with Crippen molar-refractivity contribution < 1.29 is 43.0 Å². The van der Waals surface area contributed by atoms with Crippen LogP contribution in [-0.2, 0) is 28.2 Å². The fraction of sp³-hybridized carbons (Fsp3) is 0.684. The van der Waals surface area contributed by atoms with Crippen molar-refractivity contribution in [2.75, 3.05) is 13.2 Å². The molecule has 0 fully saturated rings. The Morgan fingerprint density at radius 1 is 0.729 bits per heavy atom. The molecule has 9 nitrogen and oxygen atoms in total. The predicted octanol–water partition coefficient (Wildman–Crippen LogP) is 9.39. The van der Waals surface area contributed by atoms with Crippen molar-refractivity contribution in [1.82, 2.24) is 0 Å². The van der Waals surface area contributed by atoms with Gasteiger partial charge in [0.2, 0.25) is 0 Å². The highest BCUT2D eigenvalue weighted by Gasteiger charge is 2.22. The topological polar surface area (TPSA) is 140 Å². The van der Waals surface area contributed by atoms with Crippen LogP contribution in [0.3, 0.4) is 0 Å². The Morgan fingerprint density at radius 3 is 2.04 bits per heavy atom. The summed E-state index contributed by atoms with van der Waals surface area (Å²) in [6.07, 6.45) is 34.1. The number of phosphoric ester groups is 1. The maximum Gasteiger partial charge on any atom is 0.469 e. The van der Waals surface area contributed by atoms with Crippen LogP contribution < -0.4 is 0 Å². The summed E-state index contributed by atoms with van der Waals surface area (Å²) in [7, 11) is -4.78. The van der Waals surface area contributed by atoms with E-state index in [1.807, 2.05) is 42.5 Å². The molecular weight excluding hydrogens is 631 g/mol. The Balaban J connectivity index is 4.21. The van der Waals surface area contributed by atoms with Gasteiger partial charge in [-0.3, -0.25) is 14.1 Å². The fourth-order valence-electron chi connectivity index (χ4n) is 4.58. The molecule has 0 aromatic heterocycles. The molecule has 0 aliphatic carbocycles. The van der Waals surface area contributed by atoms with Crippen molar-refractivity contribution >= 4 is 19.8 Å². The summed E-state index contributed by atoms with van der Waals surface area (Å²) in [5.74, 6) is -0.184. The molecule has 0 amide bonds. The number of esters is 2. The summed E-state index contributed by atoms with van der Waals surface area (Å²) in [6, 6.07) is 0. The molecule has 0 radical (unpaired) electrons. The van der Waals surface area contributed by atoms with E-state index in [2.05, 4.69) is 37.4 Å². The Hall–Kier alpha value is -2.29. The molecule has 3 N–H and O–H groups in total. The largest absolute Gasteiger partial charge is 0.469 e. The van der Waals surface area contributed by atoms with Gasteiger partial charge >= 0.3 is 19.8 Å². The van der Waals surface area contributed by atoms with Gasteiger partial charge in [0.15, 0.2) is 6.10 Å². The lowest BCUT2D eigenvalue weighted by Gasteiger charge is -2.18. The summed E-state index contributed by atoms with van der Waals surface area (Å²) in [5, 5.41) is 9.96. The van der Waals surface area contributed by atoms with Crippen LogP contribution in [0.5, 0.6) is 0 Å². The lowest BCUT2D eigenvalue weighted by atomic mass is 9.99. The Labute approximate surface area is 290 Å². The molecule has 10 heteroatoms. The maximum absolute atomic E-state index is 12.3. The van der Waals surface area contributed by atoms with Crippen LogP contribution >= 0.6 is 7.82 Å². The molecule has 3 atom stereocenters. The average Bonchev–Trinajstić information content (AvgIpc) is 3.05. The molecule has 0 aliphatic heterocycles. The number of phosphoric acid groups is 1. The van der Waals surface area contributed by atoms with Gasteiger partial charge in [-0.2, -0.15) is 0 Å². The summed E-state index contributed by atoms with van der Waals surface area (Å²) < 4.78 is 26.2. The van der Waals surface area contributed by atoms with E-state index in [-0.39, 0.29) is 19.4 Å². The number of allylic oxidation sites excluding steroid dienone is 8. The summed E-state index contributed by atoms with van der Waals surface area (Å²) in [6.45, 7) is 5.73. The highest BCUT2D eigenvalue weighted by atomic mass is 31.2. The molecule has 0 heterocycles. The number of rotatable bonds is 31. The maximum atomic E-state index is 12.3. The van der Waals surface area contributed by atoms with E-state index < -0.39 is 38.6 Å². The molecule has 48 heavy (non-hydrogen) atoms. The number of aliphatic hydroxyl groups excluding tert-OH is 1. The minimum Gasteiger partial charge on any atom is -0.462 e. The quantitative estimate of drug-likeness (QED) is 0.0213. The van der Waals surface area contributed by atoms with Gasteiger partial charge in [-0.25, -0.2) is 4.57 Å². The summed E-state index contributed by atoms with van der Waals surface area (Å²) >= 11 is 0. The fourth-order valence-corrected chi connectivity index (χ4v) is 4.94. The first-order valence-electron chi connectivity index (χ1n) is 18.1. The molecule has 0 aromatic rings. The van der Waals surface area contributed by atoms with E-state index in [1.54, 1.807) is 6.08 Å². The van der Waals surface area contributed by atoms with Crippen LogP contribution in [0.15, 0.2) is 60.8 Å². The van der Waals surface area contributed by atoms with Crippen LogP contribution in [0.1, 0.15) is 136 Å². The van der Waals surface area contributed by atoms with Gasteiger partial charge in [0.25, 0.3) is 0 Å². The van der Waals surface area contributed by atoms with Crippen LogP contribution in [0.2, 0.25) is 0 Å². The zero-order chi connectivity index (χ0) is 35.7. The van der Waals surface area contributed by atoms with Crippen molar-refractivity contribution in [2.45, 2.75) is 149 Å². The second kappa shape index (κ2) is 31.9. The minimum atomic E-state index is -4.78. The smallest absolute Gasteiger partial charge is 0.462 e. The van der Waals surface area contributed by atoms with Crippen molar-refractivity contribution in [3.8, 4) is 0 Å². The monoisotopic (exact) mass is 696 g/mol.